The van der Waals surface area contributed by atoms with E-state index in [0.717, 1.165) is 5.56 Å². The van der Waals surface area contributed by atoms with Gasteiger partial charge in [-0.2, -0.15) is 0 Å². The van der Waals surface area contributed by atoms with Crippen LogP contribution in [0.3, 0.4) is 0 Å². The van der Waals surface area contributed by atoms with E-state index in [9.17, 15) is 9.90 Å². The molecule has 0 saturated carbocycles. The maximum atomic E-state index is 11.5. The van der Waals surface area contributed by atoms with Crippen molar-refractivity contribution in [1.29, 1.82) is 0 Å². The summed E-state index contributed by atoms with van der Waals surface area (Å²) in [4.78, 5) is 11.5. The van der Waals surface area contributed by atoms with Crippen molar-refractivity contribution in [3.63, 3.8) is 0 Å². The van der Waals surface area contributed by atoms with Gasteiger partial charge in [-0.05, 0) is 24.7 Å². The molecular formula is C22H37NO8. The average molecular weight is 444 g/mol. The lowest BCUT2D eigenvalue weighted by molar-refractivity contribution is -0.141. The number of rotatable bonds is 19. The maximum Gasteiger partial charge on any atom is 0.321 e. The second kappa shape index (κ2) is 16.0. The Hall–Kier alpha value is -1.75. The summed E-state index contributed by atoms with van der Waals surface area (Å²) in [7, 11) is 1.64. The van der Waals surface area contributed by atoms with Crippen LogP contribution in [0, 0.1) is 0 Å². The van der Waals surface area contributed by atoms with Crippen molar-refractivity contribution in [2.45, 2.75) is 25.3 Å². The minimum atomic E-state index is -0.895. The molecule has 178 valence electrons. The van der Waals surface area contributed by atoms with E-state index >= 15 is 0 Å². The smallest absolute Gasteiger partial charge is 0.321 e. The van der Waals surface area contributed by atoms with Crippen LogP contribution in [-0.4, -0.2) is 95.3 Å². The van der Waals surface area contributed by atoms with E-state index in [1.807, 2.05) is 38.1 Å². The molecule has 1 atom stereocenters. The third-order valence-electron chi connectivity index (χ3n) is 4.68. The molecule has 0 aliphatic heterocycles. The van der Waals surface area contributed by atoms with Gasteiger partial charge in [-0.3, -0.25) is 4.79 Å². The van der Waals surface area contributed by atoms with Crippen molar-refractivity contribution < 1.29 is 38.7 Å². The van der Waals surface area contributed by atoms with Crippen molar-refractivity contribution in [1.82, 2.24) is 5.32 Å². The van der Waals surface area contributed by atoms with Crippen LogP contribution in [0.15, 0.2) is 24.3 Å². The normalized spacial score (nSPS) is 12.6. The van der Waals surface area contributed by atoms with Crippen LogP contribution in [0.1, 0.15) is 19.4 Å². The van der Waals surface area contributed by atoms with E-state index in [1.54, 1.807) is 7.05 Å². The molecule has 3 N–H and O–H groups in total. The molecule has 31 heavy (non-hydrogen) atoms. The van der Waals surface area contributed by atoms with E-state index in [-0.39, 0.29) is 6.61 Å². The Kier molecular flexibility index (Phi) is 14.1. The Labute approximate surface area is 184 Å². The predicted molar refractivity (Wildman–Crippen MR) is 116 cm³/mol. The number of hydrogen-bond acceptors (Lipinski definition) is 8. The van der Waals surface area contributed by atoms with Crippen molar-refractivity contribution in [2.24, 2.45) is 0 Å². The molecule has 0 fully saturated rings. The van der Waals surface area contributed by atoms with Crippen LogP contribution in [0.2, 0.25) is 0 Å². The Bertz CT molecular complexity index is 611. The number of benzene rings is 1. The number of aliphatic carboxylic acids is 1. The van der Waals surface area contributed by atoms with Crippen molar-refractivity contribution in [3.05, 3.63) is 29.8 Å². The SMILES string of the molecule is CN[C@H](C(=O)O)C(C)(C)c1cccc(OCCOCCOCCOCCOCCO)c1. The number of carbonyl (C=O) groups is 1. The molecule has 0 heterocycles. The lowest BCUT2D eigenvalue weighted by atomic mass is 9.77. The molecule has 0 spiro atoms. The highest BCUT2D eigenvalue weighted by molar-refractivity contribution is 5.76. The fraction of sp³-hybridized carbons (Fsp3) is 0.682. The van der Waals surface area contributed by atoms with Crippen LogP contribution >= 0.6 is 0 Å². The van der Waals surface area contributed by atoms with Gasteiger partial charge in [-0.25, -0.2) is 0 Å². The summed E-state index contributed by atoms with van der Waals surface area (Å²) in [6, 6.07) is 6.75. The molecule has 0 aromatic heterocycles. The summed E-state index contributed by atoms with van der Waals surface area (Å²) >= 11 is 0. The Morgan fingerprint density at radius 1 is 0.935 bits per heavy atom. The quantitative estimate of drug-likeness (QED) is 0.270. The highest BCUT2D eigenvalue weighted by Crippen LogP contribution is 2.30. The van der Waals surface area contributed by atoms with Gasteiger partial charge < -0.3 is 39.2 Å². The van der Waals surface area contributed by atoms with E-state index in [2.05, 4.69) is 5.32 Å². The summed E-state index contributed by atoms with van der Waals surface area (Å²) < 4.78 is 27.0. The lowest BCUT2D eigenvalue weighted by Crippen LogP contribution is -2.48. The second-order valence-electron chi connectivity index (χ2n) is 7.33. The number of carboxylic acid groups (broad SMARTS) is 1. The van der Waals surface area contributed by atoms with Gasteiger partial charge in [0.15, 0.2) is 0 Å². The van der Waals surface area contributed by atoms with Gasteiger partial charge in [0.1, 0.15) is 18.4 Å². The van der Waals surface area contributed by atoms with Gasteiger partial charge >= 0.3 is 5.97 Å². The minimum absolute atomic E-state index is 0.0165. The monoisotopic (exact) mass is 443 g/mol. The fourth-order valence-electron chi connectivity index (χ4n) is 2.99. The first-order valence-corrected chi connectivity index (χ1v) is 10.5. The molecule has 9 heteroatoms. The van der Waals surface area contributed by atoms with Crippen molar-refractivity contribution in [3.8, 4) is 5.75 Å². The fourth-order valence-corrected chi connectivity index (χ4v) is 2.99. The van der Waals surface area contributed by atoms with Gasteiger partial charge in [0.25, 0.3) is 0 Å². The number of ether oxygens (including phenoxy) is 5. The van der Waals surface area contributed by atoms with Crippen LogP contribution in [0.25, 0.3) is 0 Å². The summed E-state index contributed by atoms with van der Waals surface area (Å²) in [5.41, 5.74) is 0.271. The molecule has 0 aliphatic rings. The summed E-state index contributed by atoms with van der Waals surface area (Å²) in [5, 5.41) is 20.9. The lowest BCUT2D eigenvalue weighted by Gasteiger charge is -2.32. The van der Waals surface area contributed by atoms with E-state index in [4.69, 9.17) is 28.8 Å². The molecule has 0 bridgehead atoms. The number of nitrogens with one attached hydrogen (secondary N) is 1. The molecule has 1 aromatic carbocycles. The third-order valence-corrected chi connectivity index (χ3v) is 4.68. The maximum absolute atomic E-state index is 11.5. The highest BCUT2D eigenvalue weighted by atomic mass is 16.6. The number of carboxylic acids is 1. The topological polar surface area (TPSA) is 116 Å². The van der Waals surface area contributed by atoms with Gasteiger partial charge in [-0.1, -0.05) is 26.0 Å². The first kappa shape index (κ1) is 27.3. The van der Waals surface area contributed by atoms with E-state index in [1.165, 1.54) is 0 Å². The number of aliphatic hydroxyl groups excluding tert-OH is 1. The molecule has 0 amide bonds. The molecule has 9 nitrogen and oxygen atoms in total. The molecule has 0 aliphatic carbocycles. The zero-order chi connectivity index (χ0) is 23.0. The van der Waals surface area contributed by atoms with Crippen LogP contribution in [0.5, 0.6) is 5.75 Å². The average Bonchev–Trinajstić information content (AvgIpc) is 2.74. The largest absolute Gasteiger partial charge is 0.491 e. The second-order valence-corrected chi connectivity index (χ2v) is 7.33. The third kappa shape index (κ3) is 10.9. The molecule has 0 radical (unpaired) electrons. The van der Waals surface area contributed by atoms with Gasteiger partial charge in [-0.15, -0.1) is 0 Å². The molecule has 0 unspecified atom stereocenters. The van der Waals surface area contributed by atoms with Crippen molar-refractivity contribution >= 4 is 5.97 Å². The van der Waals surface area contributed by atoms with Gasteiger partial charge in [0.05, 0.1) is 59.5 Å². The standard InChI is InChI=1S/C22H37NO8/c1-22(2,20(23-3)21(25)26)18-5-4-6-19(17-18)31-16-15-30-14-13-29-12-11-28-10-9-27-8-7-24/h4-6,17,20,23-24H,7-16H2,1-3H3,(H,25,26)/t20-/m1/s1. The van der Waals surface area contributed by atoms with E-state index < -0.39 is 17.4 Å². The molecule has 1 rings (SSSR count). The number of aliphatic hydroxyl groups is 1. The predicted octanol–water partition coefficient (Wildman–Crippen LogP) is 1.07. The molecule has 1 aromatic rings. The zero-order valence-electron chi connectivity index (χ0n) is 18.8. The summed E-state index contributed by atoms with van der Waals surface area (Å²) in [6.45, 7) is 7.74. The number of hydrogen-bond donors (Lipinski definition) is 3. The summed E-state index contributed by atoms with van der Waals surface area (Å²) in [5.74, 6) is -0.223. The first-order valence-electron chi connectivity index (χ1n) is 10.5. The molecule has 0 saturated heterocycles. The number of likely N-dealkylation sites (N-methyl/N-ethyl adjacent to an activating group) is 1. The zero-order valence-corrected chi connectivity index (χ0v) is 18.8. The Morgan fingerprint density at radius 2 is 1.45 bits per heavy atom. The Morgan fingerprint density at radius 3 is 1.94 bits per heavy atom. The van der Waals surface area contributed by atoms with Crippen LogP contribution in [-0.2, 0) is 29.2 Å². The first-order chi connectivity index (χ1) is 14.9. The molecular weight excluding hydrogens is 406 g/mol. The summed E-state index contributed by atoms with van der Waals surface area (Å²) in [6.07, 6.45) is 0. The van der Waals surface area contributed by atoms with E-state index in [0.29, 0.717) is 65.2 Å². The van der Waals surface area contributed by atoms with Gasteiger partial charge in [0.2, 0.25) is 0 Å². The van der Waals surface area contributed by atoms with Crippen LogP contribution < -0.4 is 10.1 Å². The van der Waals surface area contributed by atoms with Gasteiger partial charge in [0, 0.05) is 5.41 Å². The highest BCUT2D eigenvalue weighted by Gasteiger charge is 2.35. The minimum Gasteiger partial charge on any atom is -0.491 e. The van der Waals surface area contributed by atoms with Crippen LogP contribution in [0.4, 0.5) is 0 Å². The Balaban J connectivity index is 2.17. The van der Waals surface area contributed by atoms with Crippen molar-refractivity contribution in [2.75, 3.05) is 73.1 Å².